The Hall–Kier alpha value is -1.48. The number of carboxylic acid groups (broad SMARTS) is 2. The topological polar surface area (TPSA) is 151 Å². The van der Waals surface area contributed by atoms with Crippen molar-refractivity contribution in [2.24, 2.45) is 11.5 Å². The van der Waals surface area contributed by atoms with Crippen molar-refractivity contribution >= 4 is 11.9 Å². The van der Waals surface area contributed by atoms with Crippen LogP contribution in [0.15, 0.2) is 12.2 Å². The highest BCUT2D eigenvalue weighted by atomic mass is 16.4. The fourth-order valence-corrected chi connectivity index (χ4v) is 1.35. The van der Waals surface area contributed by atoms with Gasteiger partial charge >= 0.3 is 11.9 Å². The first-order chi connectivity index (χ1) is 10.5. The van der Waals surface area contributed by atoms with Gasteiger partial charge in [0.1, 0.15) is 0 Å². The van der Waals surface area contributed by atoms with Gasteiger partial charge < -0.3 is 32.3 Å². The molecule has 0 fully saturated rings. The SMILES string of the molecule is NCCCNCCCCNCCCN.O=C(O)C=CC(=O)O. The van der Waals surface area contributed by atoms with Crippen LogP contribution in [0.25, 0.3) is 0 Å². The molecule has 0 rings (SSSR count). The Morgan fingerprint density at radius 1 is 0.727 bits per heavy atom. The van der Waals surface area contributed by atoms with Crippen LogP contribution in [0, 0.1) is 0 Å². The highest BCUT2D eigenvalue weighted by Crippen LogP contribution is 1.85. The van der Waals surface area contributed by atoms with E-state index in [0.717, 1.165) is 52.1 Å². The maximum Gasteiger partial charge on any atom is 0.328 e. The van der Waals surface area contributed by atoms with Crippen molar-refractivity contribution in [2.75, 3.05) is 39.3 Å². The van der Waals surface area contributed by atoms with E-state index in [1.54, 1.807) is 0 Å². The van der Waals surface area contributed by atoms with Crippen LogP contribution >= 0.6 is 0 Å². The zero-order valence-corrected chi connectivity index (χ0v) is 13.1. The predicted octanol–water partition coefficient (Wildman–Crippen LogP) is -0.645. The summed E-state index contributed by atoms with van der Waals surface area (Å²) in [4.78, 5) is 19.1. The minimum atomic E-state index is -1.26. The molecule has 0 saturated heterocycles. The van der Waals surface area contributed by atoms with Gasteiger partial charge in [0.05, 0.1) is 0 Å². The van der Waals surface area contributed by atoms with Crippen LogP contribution in [0.2, 0.25) is 0 Å². The van der Waals surface area contributed by atoms with Crippen LogP contribution in [0.5, 0.6) is 0 Å². The van der Waals surface area contributed by atoms with Gasteiger partial charge in [0.25, 0.3) is 0 Å². The van der Waals surface area contributed by atoms with Crippen LogP contribution < -0.4 is 22.1 Å². The Kier molecular flexibility index (Phi) is 20.2. The lowest BCUT2D eigenvalue weighted by molar-refractivity contribution is -0.134. The van der Waals surface area contributed by atoms with Crippen LogP contribution in [0.3, 0.4) is 0 Å². The molecule has 8 nitrogen and oxygen atoms in total. The average Bonchev–Trinajstić information content (AvgIpc) is 2.48. The summed E-state index contributed by atoms with van der Waals surface area (Å²) in [5.74, 6) is -2.51. The van der Waals surface area contributed by atoms with Crippen molar-refractivity contribution in [2.45, 2.75) is 25.7 Å². The molecule has 0 spiro atoms. The highest BCUT2D eigenvalue weighted by Gasteiger charge is 1.89. The normalized spacial score (nSPS) is 10.3. The Balaban J connectivity index is 0. The summed E-state index contributed by atoms with van der Waals surface area (Å²) in [6.07, 6.45) is 5.74. The Labute approximate surface area is 131 Å². The van der Waals surface area contributed by atoms with Gasteiger partial charge in [0, 0.05) is 12.2 Å². The van der Waals surface area contributed by atoms with Gasteiger partial charge in [-0.05, 0) is 65.0 Å². The van der Waals surface area contributed by atoms with Gasteiger partial charge in [0.15, 0.2) is 0 Å². The third-order valence-electron chi connectivity index (χ3n) is 2.44. The lowest BCUT2D eigenvalue weighted by atomic mass is 10.3. The van der Waals surface area contributed by atoms with Crippen molar-refractivity contribution in [1.29, 1.82) is 0 Å². The van der Waals surface area contributed by atoms with Crippen LogP contribution in [0.4, 0.5) is 0 Å². The van der Waals surface area contributed by atoms with Gasteiger partial charge in [-0.15, -0.1) is 0 Å². The van der Waals surface area contributed by atoms with Crippen molar-refractivity contribution < 1.29 is 19.8 Å². The summed E-state index contributed by atoms with van der Waals surface area (Å²) in [6.45, 7) is 5.90. The Bertz CT molecular complexity index is 271. The van der Waals surface area contributed by atoms with Gasteiger partial charge in [-0.3, -0.25) is 0 Å². The largest absolute Gasteiger partial charge is 0.478 e. The summed E-state index contributed by atoms with van der Waals surface area (Å²) in [5.41, 5.74) is 10.8. The number of nitrogens with two attached hydrogens (primary N) is 2. The lowest BCUT2D eigenvalue weighted by Crippen LogP contribution is -2.22. The molecule has 0 atom stereocenters. The first kappa shape index (κ1) is 22.8. The third kappa shape index (κ3) is 27.0. The molecule has 0 aromatic carbocycles. The number of nitrogens with one attached hydrogen (secondary N) is 2. The molecule has 8 N–H and O–H groups in total. The van der Waals surface area contributed by atoms with Crippen LogP contribution in [-0.4, -0.2) is 61.4 Å². The highest BCUT2D eigenvalue weighted by molar-refractivity contribution is 5.89. The third-order valence-corrected chi connectivity index (χ3v) is 2.44. The van der Waals surface area contributed by atoms with Crippen molar-refractivity contribution in [3.05, 3.63) is 12.2 Å². The number of hydrogen-bond acceptors (Lipinski definition) is 6. The zero-order chi connectivity index (χ0) is 17.1. The molecule has 8 heteroatoms. The first-order valence-corrected chi connectivity index (χ1v) is 7.50. The lowest BCUT2D eigenvalue weighted by Gasteiger charge is -2.04. The molecule has 0 aliphatic carbocycles. The second kappa shape index (κ2) is 19.5. The van der Waals surface area contributed by atoms with Crippen molar-refractivity contribution in [3.63, 3.8) is 0 Å². The van der Waals surface area contributed by atoms with Crippen molar-refractivity contribution in [1.82, 2.24) is 10.6 Å². The molecule has 0 radical (unpaired) electrons. The molecule has 130 valence electrons. The first-order valence-electron chi connectivity index (χ1n) is 7.50. The van der Waals surface area contributed by atoms with E-state index in [0.29, 0.717) is 12.2 Å². The molecular formula is C14H30N4O4. The Morgan fingerprint density at radius 2 is 1.05 bits per heavy atom. The van der Waals surface area contributed by atoms with Gasteiger partial charge in [-0.25, -0.2) is 9.59 Å². The molecule has 0 heterocycles. The standard InChI is InChI=1S/C10H26N4.C4H4O4/c11-5-3-9-13-7-1-2-8-14-10-4-6-12;5-3(6)1-2-4(7)8/h13-14H,1-12H2;1-2H,(H,5,6)(H,7,8). The summed E-state index contributed by atoms with van der Waals surface area (Å²) in [7, 11) is 0. The van der Waals surface area contributed by atoms with Gasteiger partial charge in [-0.2, -0.15) is 0 Å². The minimum Gasteiger partial charge on any atom is -0.478 e. The summed E-state index contributed by atoms with van der Waals surface area (Å²) >= 11 is 0. The number of unbranched alkanes of at least 4 members (excludes halogenated alkanes) is 1. The fourth-order valence-electron chi connectivity index (χ4n) is 1.35. The quantitative estimate of drug-likeness (QED) is 0.194. The number of aliphatic carboxylic acids is 2. The Morgan fingerprint density at radius 3 is 1.32 bits per heavy atom. The molecule has 0 aliphatic heterocycles. The molecule has 0 aromatic heterocycles. The molecular weight excluding hydrogens is 288 g/mol. The number of rotatable bonds is 13. The van der Waals surface area contributed by atoms with E-state index in [1.165, 1.54) is 12.8 Å². The van der Waals surface area contributed by atoms with Gasteiger partial charge in [0.2, 0.25) is 0 Å². The van der Waals surface area contributed by atoms with E-state index in [4.69, 9.17) is 21.7 Å². The van der Waals surface area contributed by atoms with Crippen molar-refractivity contribution in [3.8, 4) is 0 Å². The molecule has 0 amide bonds. The molecule has 22 heavy (non-hydrogen) atoms. The number of carbonyl (C=O) groups is 2. The number of hydrogen-bond donors (Lipinski definition) is 6. The van der Waals surface area contributed by atoms with Crippen LogP contribution in [0.1, 0.15) is 25.7 Å². The smallest absolute Gasteiger partial charge is 0.328 e. The average molecular weight is 318 g/mol. The second-order valence-corrected chi connectivity index (χ2v) is 4.50. The summed E-state index contributed by atoms with van der Waals surface area (Å²) in [6, 6.07) is 0. The van der Waals surface area contributed by atoms with E-state index < -0.39 is 11.9 Å². The van der Waals surface area contributed by atoms with Crippen LogP contribution in [-0.2, 0) is 9.59 Å². The molecule has 0 saturated carbocycles. The maximum absolute atomic E-state index is 9.55. The zero-order valence-electron chi connectivity index (χ0n) is 13.1. The summed E-state index contributed by atoms with van der Waals surface area (Å²) in [5, 5.41) is 22.3. The van der Waals surface area contributed by atoms with E-state index in [2.05, 4.69) is 10.6 Å². The monoisotopic (exact) mass is 318 g/mol. The van der Waals surface area contributed by atoms with E-state index in [9.17, 15) is 9.59 Å². The maximum atomic E-state index is 9.55. The molecule has 0 unspecified atom stereocenters. The second-order valence-electron chi connectivity index (χ2n) is 4.50. The molecule has 0 aliphatic rings. The number of carboxylic acids is 2. The predicted molar refractivity (Wildman–Crippen MR) is 86.7 cm³/mol. The van der Waals surface area contributed by atoms with E-state index in [1.807, 2.05) is 0 Å². The minimum absolute atomic E-state index is 0.558. The molecule has 0 bridgehead atoms. The van der Waals surface area contributed by atoms with Gasteiger partial charge in [-0.1, -0.05) is 0 Å². The van der Waals surface area contributed by atoms with E-state index in [-0.39, 0.29) is 0 Å². The molecule has 0 aromatic rings. The van der Waals surface area contributed by atoms with E-state index >= 15 is 0 Å². The fraction of sp³-hybridized carbons (Fsp3) is 0.714. The summed E-state index contributed by atoms with van der Waals surface area (Å²) < 4.78 is 0.